The highest BCUT2D eigenvalue weighted by molar-refractivity contribution is 7.80. The monoisotopic (exact) mass is 333 g/mol. The molecule has 116 valence electrons. The maximum atomic E-state index is 10.8. The van der Waals surface area contributed by atoms with Crippen molar-refractivity contribution in [3.8, 4) is 0 Å². The summed E-state index contributed by atoms with van der Waals surface area (Å²) in [5.74, 6) is 0.855. The van der Waals surface area contributed by atoms with Gasteiger partial charge in [0.1, 0.15) is 18.2 Å². The Morgan fingerprint density at radius 2 is 2.19 bits per heavy atom. The van der Waals surface area contributed by atoms with Crippen LogP contribution in [-0.2, 0) is 9.30 Å². The molecular weight excluding hydrogens is 317 g/mol. The van der Waals surface area contributed by atoms with Crippen molar-refractivity contribution >= 4 is 37.2 Å². The van der Waals surface area contributed by atoms with Gasteiger partial charge in [-0.2, -0.15) is 12.6 Å². The molecule has 2 aromatic heterocycles. The van der Waals surface area contributed by atoms with Gasteiger partial charge in [-0.25, -0.2) is 15.0 Å². The molecule has 0 amide bonds. The molecule has 0 saturated heterocycles. The van der Waals surface area contributed by atoms with Crippen molar-refractivity contribution < 1.29 is 19.1 Å². The van der Waals surface area contributed by atoms with Crippen LogP contribution in [0, 0.1) is 0 Å². The van der Waals surface area contributed by atoms with Gasteiger partial charge in [0.2, 0.25) is 0 Å². The second kappa shape index (κ2) is 6.71. The third-order valence-electron chi connectivity index (χ3n) is 2.82. The lowest BCUT2D eigenvalue weighted by Crippen LogP contribution is -2.17. The number of hydrogen-bond acceptors (Lipinski definition) is 7. The van der Waals surface area contributed by atoms with Crippen LogP contribution in [0.1, 0.15) is 12.5 Å². The number of nitrogen functional groups attached to an aromatic ring is 1. The highest BCUT2D eigenvalue weighted by Gasteiger charge is 2.19. The summed E-state index contributed by atoms with van der Waals surface area (Å²) >= 11 is 4.19. The molecule has 2 heterocycles. The fraction of sp³-hybridized carbons (Fsp3) is 0.500. The Morgan fingerprint density at radius 1 is 1.43 bits per heavy atom. The topological polar surface area (TPSA) is 136 Å². The Kier molecular flexibility index (Phi) is 5.17. The van der Waals surface area contributed by atoms with Crippen LogP contribution in [0.4, 0.5) is 5.82 Å². The number of rotatable bonds is 7. The normalized spacial score (nSPS) is 13.7. The third kappa shape index (κ3) is 4.14. The van der Waals surface area contributed by atoms with Crippen molar-refractivity contribution in [1.29, 1.82) is 0 Å². The summed E-state index contributed by atoms with van der Waals surface area (Å²) in [6, 6.07) is -0.215. The summed E-state index contributed by atoms with van der Waals surface area (Å²) in [4.78, 5) is 29.7. The molecule has 0 saturated carbocycles. The van der Waals surface area contributed by atoms with Gasteiger partial charge in [0, 0.05) is 0 Å². The maximum Gasteiger partial charge on any atom is 0.350 e. The largest absolute Gasteiger partial charge is 0.382 e. The van der Waals surface area contributed by atoms with E-state index in [4.69, 9.17) is 20.3 Å². The summed E-state index contributed by atoms with van der Waals surface area (Å²) < 4.78 is 17.7. The fourth-order valence-electron chi connectivity index (χ4n) is 1.94. The summed E-state index contributed by atoms with van der Waals surface area (Å²) in [6.45, 7) is 0.103. The van der Waals surface area contributed by atoms with Crippen LogP contribution in [0.5, 0.6) is 0 Å². The minimum atomic E-state index is -4.19. The van der Waals surface area contributed by atoms with E-state index in [1.807, 2.05) is 0 Å². The second-order valence-electron chi connectivity index (χ2n) is 4.41. The molecule has 0 aliphatic carbocycles. The van der Waals surface area contributed by atoms with Crippen LogP contribution >= 0.6 is 20.2 Å². The first-order chi connectivity index (χ1) is 9.92. The van der Waals surface area contributed by atoms with E-state index >= 15 is 0 Å². The lowest BCUT2D eigenvalue weighted by molar-refractivity contribution is 0.124. The van der Waals surface area contributed by atoms with Crippen LogP contribution in [-0.4, -0.2) is 48.0 Å². The molecule has 0 fully saturated rings. The number of anilines is 1. The van der Waals surface area contributed by atoms with Crippen LogP contribution in [0.3, 0.4) is 0 Å². The van der Waals surface area contributed by atoms with E-state index in [1.165, 1.54) is 6.33 Å². The first-order valence-electron chi connectivity index (χ1n) is 6.08. The number of nitrogens with two attached hydrogens (primary N) is 1. The van der Waals surface area contributed by atoms with Crippen molar-refractivity contribution in [1.82, 2.24) is 19.5 Å². The maximum absolute atomic E-state index is 10.8. The summed E-state index contributed by atoms with van der Waals surface area (Å²) in [6.07, 6.45) is 2.87. The van der Waals surface area contributed by atoms with Crippen molar-refractivity contribution in [3.05, 3.63) is 12.7 Å². The molecule has 0 aliphatic heterocycles. The number of ether oxygens (including phenoxy) is 1. The number of fused-ring (bicyclic) bond motifs is 1. The molecule has 1 atom stereocenters. The van der Waals surface area contributed by atoms with Gasteiger partial charge < -0.3 is 24.8 Å². The van der Waals surface area contributed by atoms with E-state index in [0.29, 0.717) is 23.3 Å². The quantitative estimate of drug-likeness (QED) is 0.423. The van der Waals surface area contributed by atoms with Crippen molar-refractivity contribution in [2.75, 3.05) is 24.4 Å². The van der Waals surface area contributed by atoms with Gasteiger partial charge in [-0.1, -0.05) is 0 Å². The van der Waals surface area contributed by atoms with Gasteiger partial charge in [0.05, 0.1) is 19.0 Å². The molecule has 0 spiro atoms. The van der Waals surface area contributed by atoms with Crippen LogP contribution < -0.4 is 5.73 Å². The van der Waals surface area contributed by atoms with E-state index in [-0.39, 0.29) is 18.5 Å². The molecule has 21 heavy (non-hydrogen) atoms. The molecule has 9 nitrogen and oxygen atoms in total. The molecule has 4 N–H and O–H groups in total. The van der Waals surface area contributed by atoms with Gasteiger partial charge in [0.15, 0.2) is 11.5 Å². The molecule has 2 rings (SSSR count). The van der Waals surface area contributed by atoms with E-state index in [2.05, 4.69) is 27.6 Å². The molecule has 0 radical (unpaired) electrons. The number of thiol groups is 1. The molecule has 0 bridgehead atoms. The Hall–Kier alpha value is -1.19. The van der Waals surface area contributed by atoms with Crippen molar-refractivity contribution in [2.45, 2.75) is 12.5 Å². The zero-order valence-electron chi connectivity index (χ0n) is 11.0. The first-order valence-corrected chi connectivity index (χ1v) is 8.51. The minimum Gasteiger partial charge on any atom is -0.382 e. The third-order valence-corrected chi connectivity index (χ3v) is 3.60. The number of imidazole rings is 1. The lowest BCUT2D eigenvalue weighted by atomic mass is 10.2. The molecule has 0 aliphatic rings. The number of aromatic nitrogens is 4. The molecule has 1 unspecified atom stereocenters. The summed E-state index contributed by atoms with van der Waals surface area (Å²) in [7, 11) is -4.19. The molecule has 2 aromatic rings. The fourth-order valence-corrected chi connectivity index (χ4v) is 2.58. The standard InChI is InChI=1S/C10H16N5O4PS/c11-9-8-10(13-4-12-9)14-5-15(8)7(1-2-21)3-19-6-20(16,17)18/h4-5,7,21H,1-3,6H2,(H2,11,12,13)(H2,16,17,18). The predicted octanol–water partition coefficient (Wildman–Crippen LogP) is 0.421. The van der Waals surface area contributed by atoms with Crippen LogP contribution in [0.25, 0.3) is 11.2 Å². The van der Waals surface area contributed by atoms with E-state index < -0.39 is 13.9 Å². The highest BCUT2D eigenvalue weighted by atomic mass is 32.1. The van der Waals surface area contributed by atoms with Crippen LogP contribution in [0.15, 0.2) is 12.7 Å². The van der Waals surface area contributed by atoms with Gasteiger partial charge in [-0.05, 0) is 12.2 Å². The van der Waals surface area contributed by atoms with Gasteiger partial charge in [0.25, 0.3) is 0 Å². The lowest BCUT2D eigenvalue weighted by Gasteiger charge is -2.19. The van der Waals surface area contributed by atoms with E-state index in [9.17, 15) is 4.57 Å². The predicted molar refractivity (Wildman–Crippen MR) is 80.1 cm³/mol. The van der Waals surface area contributed by atoms with E-state index in [1.54, 1.807) is 10.9 Å². The average Bonchev–Trinajstić information content (AvgIpc) is 2.81. The Morgan fingerprint density at radius 3 is 2.86 bits per heavy atom. The average molecular weight is 333 g/mol. The molecule has 0 aromatic carbocycles. The Balaban J connectivity index is 2.22. The minimum absolute atomic E-state index is 0.103. The van der Waals surface area contributed by atoms with Crippen molar-refractivity contribution in [3.63, 3.8) is 0 Å². The summed E-state index contributed by atoms with van der Waals surface area (Å²) in [5.41, 5.74) is 6.87. The number of hydrogen-bond donors (Lipinski definition) is 4. The Bertz CT molecular complexity index is 660. The first kappa shape index (κ1) is 16.2. The summed E-state index contributed by atoms with van der Waals surface area (Å²) in [5, 5.41) is 0. The zero-order valence-corrected chi connectivity index (χ0v) is 12.8. The Labute approximate surface area is 126 Å². The van der Waals surface area contributed by atoms with Gasteiger partial charge in [-0.15, -0.1) is 0 Å². The molecule has 11 heteroatoms. The van der Waals surface area contributed by atoms with Gasteiger partial charge in [-0.3, -0.25) is 4.57 Å². The molecular formula is C10H16N5O4PS. The zero-order chi connectivity index (χ0) is 15.5. The van der Waals surface area contributed by atoms with Crippen LogP contribution in [0.2, 0.25) is 0 Å². The smallest absolute Gasteiger partial charge is 0.350 e. The highest BCUT2D eigenvalue weighted by Crippen LogP contribution is 2.34. The van der Waals surface area contributed by atoms with E-state index in [0.717, 1.165) is 0 Å². The second-order valence-corrected chi connectivity index (χ2v) is 6.45. The van der Waals surface area contributed by atoms with Gasteiger partial charge >= 0.3 is 7.60 Å². The SMILES string of the molecule is Nc1ncnc2ncn(C(CCS)COCP(=O)(O)O)c12. The van der Waals surface area contributed by atoms with Crippen molar-refractivity contribution in [2.24, 2.45) is 0 Å². The number of nitrogens with zero attached hydrogens (tertiary/aromatic N) is 4.